The Morgan fingerprint density at radius 2 is 1.72 bits per heavy atom. The van der Waals surface area contributed by atoms with Crippen LogP contribution in [-0.4, -0.2) is 25.3 Å². The molecule has 0 aliphatic carbocycles. The van der Waals surface area contributed by atoms with Crippen LogP contribution in [-0.2, 0) is 10.5 Å². The lowest BCUT2D eigenvalue weighted by Crippen LogP contribution is -2.30. The number of rotatable bonds is 6. The van der Waals surface area contributed by atoms with Gasteiger partial charge in [-0.15, -0.1) is 0 Å². The minimum Gasteiger partial charge on any atom is -0.497 e. The van der Waals surface area contributed by atoms with E-state index >= 15 is 0 Å². The molecule has 1 heterocycles. The van der Waals surface area contributed by atoms with Crippen molar-refractivity contribution in [3.05, 3.63) is 95.4 Å². The maximum absolute atomic E-state index is 14.1. The molecule has 0 bridgehead atoms. The first-order valence-corrected chi connectivity index (χ1v) is 10.9. The SMILES string of the molecule is COc1ccc(/C=C2\N=C(SCc3ccccc3F)N(c3cccc(OC)c3)C2=O)cc1. The van der Waals surface area contributed by atoms with E-state index < -0.39 is 0 Å². The second-order valence-corrected chi connectivity index (χ2v) is 7.86. The molecule has 1 aliphatic rings. The maximum atomic E-state index is 14.1. The molecule has 0 spiro atoms. The Kier molecular flexibility index (Phi) is 6.56. The molecule has 1 amide bonds. The fourth-order valence-electron chi connectivity index (χ4n) is 3.19. The number of halogens is 1. The van der Waals surface area contributed by atoms with Gasteiger partial charge >= 0.3 is 0 Å². The molecule has 0 saturated carbocycles. The van der Waals surface area contributed by atoms with Crippen LogP contribution in [0.25, 0.3) is 6.08 Å². The largest absolute Gasteiger partial charge is 0.497 e. The number of hydrogen-bond donors (Lipinski definition) is 0. The van der Waals surface area contributed by atoms with Crippen LogP contribution < -0.4 is 14.4 Å². The van der Waals surface area contributed by atoms with Crippen molar-refractivity contribution in [1.29, 1.82) is 0 Å². The van der Waals surface area contributed by atoms with Gasteiger partial charge < -0.3 is 9.47 Å². The fraction of sp³-hybridized carbons (Fsp3) is 0.120. The lowest BCUT2D eigenvalue weighted by molar-refractivity contribution is -0.113. The number of anilines is 1. The molecule has 0 unspecified atom stereocenters. The summed E-state index contributed by atoms with van der Waals surface area (Å²) in [5, 5.41) is 0.478. The zero-order valence-electron chi connectivity index (χ0n) is 17.6. The smallest absolute Gasteiger partial charge is 0.283 e. The molecule has 1 aliphatic heterocycles. The fourth-order valence-corrected chi connectivity index (χ4v) is 4.19. The van der Waals surface area contributed by atoms with Crippen molar-refractivity contribution in [2.45, 2.75) is 5.75 Å². The number of aliphatic imine (C=N–C) groups is 1. The molecule has 0 atom stereocenters. The molecule has 0 N–H and O–H groups in total. The highest BCUT2D eigenvalue weighted by molar-refractivity contribution is 8.13. The van der Waals surface area contributed by atoms with Crippen LogP contribution in [0.15, 0.2) is 83.5 Å². The molecule has 0 fully saturated rings. The van der Waals surface area contributed by atoms with Crippen LogP contribution >= 0.6 is 11.8 Å². The standard InChI is InChI=1S/C25H21FN2O3S/c1-30-20-12-10-17(11-13-20)14-23-24(29)28(19-7-5-8-21(15-19)31-2)25(27-23)32-16-18-6-3-4-9-22(18)26/h3-15H,16H2,1-2H3/b23-14-. The van der Waals surface area contributed by atoms with Gasteiger partial charge in [0, 0.05) is 11.8 Å². The summed E-state index contributed by atoms with van der Waals surface area (Å²) < 4.78 is 24.6. The summed E-state index contributed by atoms with van der Waals surface area (Å²) in [5.74, 6) is 1.15. The first kappa shape index (κ1) is 21.6. The van der Waals surface area contributed by atoms with Crippen LogP contribution in [0.4, 0.5) is 10.1 Å². The molecule has 0 saturated heterocycles. The summed E-state index contributed by atoms with van der Waals surface area (Å²) in [6.45, 7) is 0. The Hall–Kier alpha value is -3.58. The average Bonchev–Trinajstić information content (AvgIpc) is 3.13. The number of hydrogen-bond acceptors (Lipinski definition) is 5. The molecule has 7 heteroatoms. The van der Waals surface area contributed by atoms with E-state index in [0.29, 0.717) is 33.6 Å². The number of nitrogens with zero attached hydrogens (tertiary/aromatic N) is 2. The van der Waals surface area contributed by atoms with Gasteiger partial charge in [-0.1, -0.05) is 48.2 Å². The average molecular weight is 449 g/mol. The Balaban J connectivity index is 1.68. The molecule has 3 aromatic carbocycles. The molecule has 162 valence electrons. The van der Waals surface area contributed by atoms with Crippen LogP contribution in [0.5, 0.6) is 11.5 Å². The van der Waals surface area contributed by atoms with Crippen molar-refractivity contribution in [1.82, 2.24) is 0 Å². The van der Waals surface area contributed by atoms with Gasteiger partial charge in [-0.05, 0) is 47.5 Å². The number of ether oxygens (including phenoxy) is 2. The van der Waals surface area contributed by atoms with E-state index in [1.807, 2.05) is 42.5 Å². The van der Waals surface area contributed by atoms with Gasteiger partial charge in [0.1, 0.15) is 23.0 Å². The van der Waals surface area contributed by atoms with Crippen LogP contribution in [0, 0.1) is 5.82 Å². The van der Waals surface area contributed by atoms with Gasteiger partial charge in [0.2, 0.25) is 0 Å². The summed E-state index contributed by atoms with van der Waals surface area (Å²) in [7, 11) is 3.17. The van der Waals surface area contributed by atoms with Crippen molar-refractivity contribution in [2.24, 2.45) is 4.99 Å². The highest BCUT2D eigenvalue weighted by atomic mass is 32.2. The first-order chi connectivity index (χ1) is 15.6. The number of carbonyl (C=O) groups excluding carboxylic acids is 1. The van der Waals surface area contributed by atoms with Crippen LogP contribution in [0.1, 0.15) is 11.1 Å². The van der Waals surface area contributed by atoms with E-state index in [1.54, 1.807) is 44.6 Å². The highest BCUT2D eigenvalue weighted by Crippen LogP contribution is 2.32. The third kappa shape index (κ3) is 4.68. The van der Waals surface area contributed by atoms with E-state index in [0.717, 1.165) is 11.3 Å². The van der Waals surface area contributed by atoms with E-state index in [1.165, 1.54) is 22.7 Å². The lowest BCUT2D eigenvalue weighted by atomic mass is 10.2. The number of amides is 1. The summed E-state index contributed by atoms with van der Waals surface area (Å²) in [5.41, 5.74) is 2.30. The zero-order valence-corrected chi connectivity index (χ0v) is 18.4. The highest BCUT2D eigenvalue weighted by Gasteiger charge is 2.32. The number of thioether (sulfide) groups is 1. The van der Waals surface area contributed by atoms with Crippen molar-refractivity contribution >= 4 is 34.6 Å². The monoisotopic (exact) mass is 448 g/mol. The van der Waals surface area contributed by atoms with Crippen LogP contribution in [0.3, 0.4) is 0 Å². The van der Waals surface area contributed by atoms with Gasteiger partial charge in [-0.25, -0.2) is 9.38 Å². The van der Waals surface area contributed by atoms with Crippen LogP contribution in [0.2, 0.25) is 0 Å². The quantitative estimate of drug-likeness (QED) is 0.466. The predicted octanol–water partition coefficient (Wildman–Crippen LogP) is 5.52. The first-order valence-electron chi connectivity index (χ1n) is 9.88. The lowest BCUT2D eigenvalue weighted by Gasteiger charge is -2.18. The minimum absolute atomic E-state index is 0.259. The molecule has 32 heavy (non-hydrogen) atoms. The Bertz CT molecular complexity index is 1190. The normalized spacial score (nSPS) is 14.6. The molecule has 0 radical (unpaired) electrons. The van der Waals surface area contributed by atoms with Crippen molar-refractivity contribution < 1.29 is 18.7 Å². The summed E-state index contributed by atoms with van der Waals surface area (Å²) in [4.78, 5) is 19.4. The Morgan fingerprint density at radius 3 is 2.44 bits per heavy atom. The van der Waals surface area contributed by atoms with E-state index in [2.05, 4.69) is 4.99 Å². The van der Waals surface area contributed by atoms with Gasteiger partial charge in [-0.2, -0.15) is 0 Å². The third-order valence-electron chi connectivity index (χ3n) is 4.87. The van der Waals surface area contributed by atoms with Gasteiger partial charge in [0.25, 0.3) is 5.91 Å². The Morgan fingerprint density at radius 1 is 0.969 bits per heavy atom. The van der Waals surface area contributed by atoms with Gasteiger partial charge in [0.05, 0.1) is 19.9 Å². The molecule has 0 aromatic heterocycles. The second-order valence-electron chi connectivity index (χ2n) is 6.92. The predicted molar refractivity (Wildman–Crippen MR) is 127 cm³/mol. The Labute approximate surface area is 190 Å². The minimum atomic E-state index is -0.285. The molecule has 5 nitrogen and oxygen atoms in total. The molecular weight excluding hydrogens is 427 g/mol. The summed E-state index contributed by atoms with van der Waals surface area (Å²) in [6.07, 6.45) is 1.73. The molecule has 3 aromatic rings. The molecular formula is C25H21FN2O3S. The third-order valence-corrected chi connectivity index (χ3v) is 5.86. The number of amidine groups is 1. The number of carbonyl (C=O) groups is 1. The van der Waals surface area contributed by atoms with E-state index in [9.17, 15) is 9.18 Å². The van der Waals surface area contributed by atoms with Gasteiger partial charge in [-0.3, -0.25) is 9.69 Å². The summed E-state index contributed by atoms with van der Waals surface area (Å²) in [6, 6.07) is 21.1. The number of methoxy groups -OCH3 is 2. The van der Waals surface area contributed by atoms with Gasteiger partial charge in [0.15, 0.2) is 5.17 Å². The maximum Gasteiger partial charge on any atom is 0.283 e. The van der Waals surface area contributed by atoms with Crippen molar-refractivity contribution in [3.8, 4) is 11.5 Å². The van der Waals surface area contributed by atoms with Crippen molar-refractivity contribution in [2.75, 3.05) is 19.1 Å². The van der Waals surface area contributed by atoms with E-state index in [-0.39, 0.29) is 11.7 Å². The number of benzene rings is 3. The zero-order chi connectivity index (χ0) is 22.5. The topological polar surface area (TPSA) is 51.1 Å². The van der Waals surface area contributed by atoms with Crippen molar-refractivity contribution in [3.63, 3.8) is 0 Å². The summed E-state index contributed by atoms with van der Waals surface area (Å²) >= 11 is 1.31. The van der Waals surface area contributed by atoms with E-state index in [4.69, 9.17) is 9.47 Å². The molecule has 4 rings (SSSR count). The second kappa shape index (κ2) is 9.70.